The summed E-state index contributed by atoms with van der Waals surface area (Å²) < 4.78 is 1.18. The van der Waals surface area contributed by atoms with Gasteiger partial charge in [0.05, 0.1) is 0 Å². The average molecular weight is 285 g/mol. The summed E-state index contributed by atoms with van der Waals surface area (Å²) in [6, 6.07) is 6.97. The summed E-state index contributed by atoms with van der Waals surface area (Å²) in [4.78, 5) is 2.35. The maximum absolute atomic E-state index is 3.65. The number of nitrogens with one attached hydrogen (secondary N) is 1. The zero-order chi connectivity index (χ0) is 12.1. The minimum absolute atomic E-state index is 0.375. The van der Waals surface area contributed by atoms with Crippen LogP contribution < -0.4 is 10.2 Å². The third kappa shape index (κ3) is 2.98. The van der Waals surface area contributed by atoms with Crippen molar-refractivity contribution >= 4 is 21.6 Å². The first-order chi connectivity index (χ1) is 7.63. The molecule has 1 aromatic rings. The Bertz CT molecular complexity index is 335. The Morgan fingerprint density at radius 2 is 1.94 bits per heavy atom. The van der Waals surface area contributed by atoms with Crippen LogP contribution in [0.4, 0.5) is 5.69 Å². The van der Waals surface area contributed by atoms with Crippen LogP contribution in [0.3, 0.4) is 0 Å². The third-order valence-electron chi connectivity index (χ3n) is 3.01. The lowest BCUT2D eigenvalue weighted by Gasteiger charge is -2.22. The monoisotopic (exact) mass is 284 g/mol. The van der Waals surface area contributed by atoms with Crippen LogP contribution in [-0.4, -0.2) is 20.1 Å². The lowest BCUT2D eigenvalue weighted by Crippen LogP contribution is -2.22. The Labute approximate surface area is 107 Å². The molecule has 0 aromatic heterocycles. The highest BCUT2D eigenvalue weighted by molar-refractivity contribution is 9.10. The van der Waals surface area contributed by atoms with E-state index < -0.39 is 0 Å². The standard InChI is InChI=1S/C13H21BrN2/c1-5-16(6-2)11-7-8-12(10(3)15-4)13(14)9-11/h7-10,15H,5-6H2,1-4H3. The van der Waals surface area contributed by atoms with E-state index in [1.165, 1.54) is 15.7 Å². The van der Waals surface area contributed by atoms with Crippen molar-refractivity contribution in [1.82, 2.24) is 5.32 Å². The van der Waals surface area contributed by atoms with Gasteiger partial charge in [0.1, 0.15) is 0 Å². The highest BCUT2D eigenvalue weighted by atomic mass is 79.9. The predicted molar refractivity (Wildman–Crippen MR) is 75.2 cm³/mol. The Balaban J connectivity index is 2.98. The molecule has 0 radical (unpaired) electrons. The molecule has 2 nitrogen and oxygen atoms in total. The molecular weight excluding hydrogens is 264 g/mol. The minimum atomic E-state index is 0.375. The fourth-order valence-electron chi connectivity index (χ4n) is 1.81. The SMILES string of the molecule is CCN(CC)c1ccc(C(C)NC)c(Br)c1. The van der Waals surface area contributed by atoms with Crippen LogP contribution in [0.2, 0.25) is 0 Å². The summed E-state index contributed by atoms with van der Waals surface area (Å²) in [6.45, 7) is 8.62. The fraction of sp³-hybridized carbons (Fsp3) is 0.538. The van der Waals surface area contributed by atoms with Crippen LogP contribution in [0, 0.1) is 0 Å². The second-order valence-electron chi connectivity index (χ2n) is 3.89. The molecule has 0 bridgehead atoms. The van der Waals surface area contributed by atoms with E-state index in [0.717, 1.165) is 13.1 Å². The molecule has 0 saturated heterocycles. The lowest BCUT2D eigenvalue weighted by atomic mass is 10.1. The van der Waals surface area contributed by atoms with Gasteiger partial charge in [-0.05, 0) is 45.5 Å². The molecule has 0 aliphatic rings. The number of anilines is 1. The molecule has 90 valence electrons. The number of rotatable bonds is 5. The molecule has 1 atom stereocenters. The Hall–Kier alpha value is -0.540. The van der Waals surface area contributed by atoms with E-state index in [9.17, 15) is 0 Å². The minimum Gasteiger partial charge on any atom is -0.372 e. The Morgan fingerprint density at radius 3 is 2.38 bits per heavy atom. The van der Waals surface area contributed by atoms with Gasteiger partial charge in [0.15, 0.2) is 0 Å². The van der Waals surface area contributed by atoms with Crippen molar-refractivity contribution in [1.29, 1.82) is 0 Å². The first kappa shape index (κ1) is 13.5. The van der Waals surface area contributed by atoms with Crippen molar-refractivity contribution in [3.05, 3.63) is 28.2 Å². The first-order valence-corrected chi connectivity index (χ1v) is 6.64. The van der Waals surface area contributed by atoms with Gasteiger partial charge in [-0.15, -0.1) is 0 Å². The highest BCUT2D eigenvalue weighted by Gasteiger charge is 2.09. The van der Waals surface area contributed by atoms with Crippen molar-refractivity contribution < 1.29 is 0 Å². The molecule has 0 heterocycles. The van der Waals surface area contributed by atoms with Crippen LogP contribution in [0.15, 0.2) is 22.7 Å². The summed E-state index contributed by atoms with van der Waals surface area (Å²) in [5.41, 5.74) is 2.59. The van der Waals surface area contributed by atoms with E-state index in [2.05, 4.69) is 65.1 Å². The number of hydrogen-bond donors (Lipinski definition) is 1. The molecule has 3 heteroatoms. The summed E-state index contributed by atoms with van der Waals surface area (Å²) in [5.74, 6) is 0. The van der Waals surface area contributed by atoms with E-state index in [0.29, 0.717) is 6.04 Å². The zero-order valence-corrected chi connectivity index (χ0v) is 12.1. The summed E-state index contributed by atoms with van der Waals surface area (Å²) in [5, 5.41) is 3.26. The second-order valence-corrected chi connectivity index (χ2v) is 4.74. The number of nitrogens with zero attached hydrogens (tertiary/aromatic N) is 1. The summed E-state index contributed by atoms with van der Waals surface area (Å²) in [7, 11) is 1.98. The number of halogens is 1. The Kier molecular flexibility index (Phi) is 5.29. The second kappa shape index (κ2) is 6.26. The van der Waals surface area contributed by atoms with Crippen molar-refractivity contribution in [2.45, 2.75) is 26.8 Å². The maximum Gasteiger partial charge on any atom is 0.0377 e. The molecule has 0 fully saturated rings. The van der Waals surface area contributed by atoms with Gasteiger partial charge in [0, 0.05) is 29.3 Å². The van der Waals surface area contributed by atoms with Crippen LogP contribution in [0.5, 0.6) is 0 Å². The molecule has 0 amide bonds. The van der Waals surface area contributed by atoms with Crippen LogP contribution in [0.1, 0.15) is 32.4 Å². The largest absolute Gasteiger partial charge is 0.372 e. The summed E-state index contributed by atoms with van der Waals surface area (Å²) >= 11 is 3.65. The molecule has 0 spiro atoms. The lowest BCUT2D eigenvalue weighted by molar-refractivity contribution is 0.649. The molecule has 1 unspecified atom stereocenters. The smallest absolute Gasteiger partial charge is 0.0377 e. The molecule has 16 heavy (non-hydrogen) atoms. The quantitative estimate of drug-likeness (QED) is 0.889. The van der Waals surface area contributed by atoms with Gasteiger partial charge in [-0.25, -0.2) is 0 Å². The van der Waals surface area contributed by atoms with E-state index in [-0.39, 0.29) is 0 Å². The van der Waals surface area contributed by atoms with Gasteiger partial charge in [0.25, 0.3) is 0 Å². The van der Waals surface area contributed by atoms with E-state index in [1.807, 2.05) is 7.05 Å². The van der Waals surface area contributed by atoms with Gasteiger partial charge in [0.2, 0.25) is 0 Å². The molecule has 0 aliphatic heterocycles. The highest BCUT2D eigenvalue weighted by Crippen LogP contribution is 2.28. The maximum atomic E-state index is 3.65. The molecule has 0 aliphatic carbocycles. The van der Waals surface area contributed by atoms with Crippen molar-refractivity contribution in [2.24, 2.45) is 0 Å². The fourth-order valence-corrected chi connectivity index (χ4v) is 2.52. The van der Waals surface area contributed by atoms with E-state index in [4.69, 9.17) is 0 Å². The van der Waals surface area contributed by atoms with Crippen molar-refractivity contribution in [2.75, 3.05) is 25.0 Å². The molecule has 1 aromatic carbocycles. The van der Waals surface area contributed by atoms with E-state index >= 15 is 0 Å². The third-order valence-corrected chi connectivity index (χ3v) is 3.70. The zero-order valence-electron chi connectivity index (χ0n) is 10.5. The molecule has 1 rings (SSSR count). The van der Waals surface area contributed by atoms with Gasteiger partial charge in [-0.3, -0.25) is 0 Å². The predicted octanol–water partition coefficient (Wildman–Crippen LogP) is 3.58. The first-order valence-electron chi connectivity index (χ1n) is 5.85. The van der Waals surface area contributed by atoms with E-state index in [1.54, 1.807) is 0 Å². The van der Waals surface area contributed by atoms with Crippen molar-refractivity contribution in [3.8, 4) is 0 Å². The van der Waals surface area contributed by atoms with Gasteiger partial charge >= 0.3 is 0 Å². The topological polar surface area (TPSA) is 15.3 Å². The molecular formula is C13H21BrN2. The molecule has 1 N–H and O–H groups in total. The number of hydrogen-bond acceptors (Lipinski definition) is 2. The average Bonchev–Trinajstić information content (AvgIpc) is 2.30. The van der Waals surface area contributed by atoms with Crippen LogP contribution in [0.25, 0.3) is 0 Å². The number of benzene rings is 1. The molecule has 0 saturated carbocycles. The van der Waals surface area contributed by atoms with Gasteiger partial charge in [-0.2, -0.15) is 0 Å². The summed E-state index contributed by atoms with van der Waals surface area (Å²) in [6.07, 6.45) is 0. The van der Waals surface area contributed by atoms with Crippen molar-refractivity contribution in [3.63, 3.8) is 0 Å². The Morgan fingerprint density at radius 1 is 1.31 bits per heavy atom. The normalized spacial score (nSPS) is 12.6. The van der Waals surface area contributed by atoms with Crippen LogP contribution in [-0.2, 0) is 0 Å². The van der Waals surface area contributed by atoms with Gasteiger partial charge < -0.3 is 10.2 Å². The van der Waals surface area contributed by atoms with Crippen LogP contribution >= 0.6 is 15.9 Å². The van der Waals surface area contributed by atoms with Gasteiger partial charge in [-0.1, -0.05) is 22.0 Å².